The van der Waals surface area contributed by atoms with Gasteiger partial charge in [0, 0.05) is 12.0 Å². The number of hydrogen-bond donors (Lipinski definition) is 0. The third kappa shape index (κ3) is 4.02. The van der Waals surface area contributed by atoms with E-state index in [0.29, 0.717) is 24.2 Å². The maximum Gasteiger partial charge on any atom is 0.338 e. The molecule has 3 heteroatoms. The first-order valence-corrected chi connectivity index (χ1v) is 6.96. The summed E-state index contributed by atoms with van der Waals surface area (Å²) in [6, 6.07) is 14.5. The molecule has 0 spiro atoms. The Kier molecular flexibility index (Phi) is 4.88. The van der Waals surface area contributed by atoms with Crippen LogP contribution in [-0.2, 0) is 11.2 Å². The molecular formula is C18H18O3. The largest absolute Gasteiger partial charge is 0.462 e. The van der Waals surface area contributed by atoms with Crippen LogP contribution in [0.5, 0.6) is 0 Å². The van der Waals surface area contributed by atoms with Crippen LogP contribution in [0.2, 0.25) is 0 Å². The van der Waals surface area contributed by atoms with Gasteiger partial charge in [0.2, 0.25) is 0 Å². The van der Waals surface area contributed by atoms with Gasteiger partial charge < -0.3 is 4.74 Å². The van der Waals surface area contributed by atoms with Crippen molar-refractivity contribution in [1.29, 1.82) is 0 Å². The first-order chi connectivity index (χ1) is 10.1. The van der Waals surface area contributed by atoms with Crippen LogP contribution in [0.3, 0.4) is 0 Å². The van der Waals surface area contributed by atoms with Gasteiger partial charge >= 0.3 is 5.97 Å². The summed E-state index contributed by atoms with van der Waals surface area (Å²) >= 11 is 0. The topological polar surface area (TPSA) is 43.4 Å². The molecule has 0 fully saturated rings. The van der Waals surface area contributed by atoms with E-state index in [1.807, 2.05) is 31.2 Å². The van der Waals surface area contributed by atoms with Gasteiger partial charge in [-0.2, -0.15) is 0 Å². The van der Waals surface area contributed by atoms with Crippen molar-refractivity contribution in [2.45, 2.75) is 20.3 Å². The van der Waals surface area contributed by atoms with Crippen LogP contribution in [-0.4, -0.2) is 18.4 Å². The lowest BCUT2D eigenvalue weighted by Gasteiger charge is -2.04. The van der Waals surface area contributed by atoms with Crippen LogP contribution in [0.1, 0.15) is 38.8 Å². The fraction of sp³-hybridized carbons (Fsp3) is 0.222. The van der Waals surface area contributed by atoms with Crippen LogP contribution < -0.4 is 0 Å². The zero-order chi connectivity index (χ0) is 15.2. The Morgan fingerprint density at radius 3 is 2.05 bits per heavy atom. The van der Waals surface area contributed by atoms with Crippen molar-refractivity contribution in [3.05, 3.63) is 70.8 Å². The minimum absolute atomic E-state index is 0.0364. The highest BCUT2D eigenvalue weighted by molar-refractivity contribution is 5.98. The minimum Gasteiger partial charge on any atom is -0.462 e. The first kappa shape index (κ1) is 15.0. The molecule has 21 heavy (non-hydrogen) atoms. The summed E-state index contributed by atoms with van der Waals surface area (Å²) in [5.74, 6) is -0.329. The molecule has 0 radical (unpaired) electrons. The van der Waals surface area contributed by atoms with E-state index in [-0.39, 0.29) is 11.8 Å². The second kappa shape index (κ2) is 6.84. The van der Waals surface area contributed by atoms with Gasteiger partial charge in [0.15, 0.2) is 5.78 Å². The molecular weight excluding hydrogens is 264 g/mol. The van der Waals surface area contributed by atoms with Crippen molar-refractivity contribution in [1.82, 2.24) is 0 Å². The SMILES string of the molecule is CCOC(=O)c1ccc(C(=O)Cc2ccc(C)cc2)cc1. The van der Waals surface area contributed by atoms with Gasteiger partial charge in [-0.05, 0) is 31.5 Å². The Bertz CT molecular complexity index is 625. The highest BCUT2D eigenvalue weighted by Gasteiger charge is 2.10. The fourth-order valence-corrected chi connectivity index (χ4v) is 2.00. The second-order valence-corrected chi connectivity index (χ2v) is 4.88. The maximum atomic E-state index is 12.2. The molecule has 0 unspecified atom stereocenters. The number of carbonyl (C=O) groups is 2. The van der Waals surface area contributed by atoms with Crippen molar-refractivity contribution in [2.75, 3.05) is 6.61 Å². The van der Waals surface area contributed by atoms with Crippen molar-refractivity contribution in [3.63, 3.8) is 0 Å². The predicted molar refractivity (Wildman–Crippen MR) is 81.6 cm³/mol. The average molecular weight is 282 g/mol. The molecule has 0 bridgehead atoms. The number of ketones is 1. The van der Waals surface area contributed by atoms with Crippen LogP contribution in [0.25, 0.3) is 0 Å². The molecule has 0 aliphatic carbocycles. The van der Waals surface area contributed by atoms with Gasteiger partial charge in [0.1, 0.15) is 0 Å². The van der Waals surface area contributed by atoms with Gasteiger partial charge in [-0.1, -0.05) is 42.0 Å². The van der Waals surface area contributed by atoms with Gasteiger partial charge in [-0.15, -0.1) is 0 Å². The van der Waals surface area contributed by atoms with Gasteiger partial charge in [-0.25, -0.2) is 4.79 Å². The highest BCUT2D eigenvalue weighted by Crippen LogP contribution is 2.11. The fourth-order valence-electron chi connectivity index (χ4n) is 2.00. The third-order valence-electron chi connectivity index (χ3n) is 3.20. The average Bonchev–Trinajstić information content (AvgIpc) is 2.50. The summed E-state index contributed by atoms with van der Waals surface area (Å²) in [4.78, 5) is 23.7. The Labute approximate surface area is 124 Å². The summed E-state index contributed by atoms with van der Waals surface area (Å²) < 4.78 is 4.91. The molecule has 2 rings (SSSR count). The van der Waals surface area contributed by atoms with Gasteiger partial charge in [-0.3, -0.25) is 4.79 Å². The van der Waals surface area contributed by atoms with E-state index in [0.717, 1.165) is 5.56 Å². The monoisotopic (exact) mass is 282 g/mol. The van der Waals surface area contributed by atoms with E-state index in [1.54, 1.807) is 31.2 Å². The molecule has 0 aliphatic heterocycles. The van der Waals surface area contributed by atoms with E-state index in [4.69, 9.17) is 4.74 Å². The molecule has 3 nitrogen and oxygen atoms in total. The summed E-state index contributed by atoms with van der Waals surface area (Å²) in [6.45, 7) is 4.12. The Hall–Kier alpha value is -2.42. The second-order valence-electron chi connectivity index (χ2n) is 4.88. The number of aryl methyl sites for hydroxylation is 1. The Balaban J connectivity index is 2.06. The van der Waals surface area contributed by atoms with E-state index in [1.165, 1.54) is 5.56 Å². The Morgan fingerprint density at radius 1 is 0.905 bits per heavy atom. The third-order valence-corrected chi connectivity index (χ3v) is 3.20. The first-order valence-electron chi connectivity index (χ1n) is 6.96. The number of carbonyl (C=O) groups excluding carboxylic acids is 2. The quantitative estimate of drug-likeness (QED) is 0.621. The lowest BCUT2D eigenvalue weighted by atomic mass is 10.0. The van der Waals surface area contributed by atoms with Crippen molar-refractivity contribution >= 4 is 11.8 Å². The lowest BCUT2D eigenvalue weighted by molar-refractivity contribution is 0.0526. The summed E-state index contributed by atoms with van der Waals surface area (Å²) in [7, 11) is 0. The lowest BCUT2D eigenvalue weighted by Crippen LogP contribution is -2.07. The van der Waals surface area contributed by atoms with E-state index >= 15 is 0 Å². The molecule has 2 aromatic carbocycles. The molecule has 0 aromatic heterocycles. The van der Waals surface area contributed by atoms with Crippen molar-refractivity contribution in [3.8, 4) is 0 Å². The zero-order valence-electron chi connectivity index (χ0n) is 12.3. The van der Waals surface area contributed by atoms with Crippen LogP contribution >= 0.6 is 0 Å². The van der Waals surface area contributed by atoms with Crippen molar-refractivity contribution < 1.29 is 14.3 Å². The maximum absolute atomic E-state index is 12.2. The molecule has 0 saturated heterocycles. The number of Topliss-reactive ketones (excluding diaryl/α,β-unsaturated/α-hetero) is 1. The van der Waals surface area contributed by atoms with E-state index in [2.05, 4.69) is 0 Å². The van der Waals surface area contributed by atoms with Crippen LogP contribution in [0.4, 0.5) is 0 Å². The van der Waals surface area contributed by atoms with Crippen LogP contribution in [0, 0.1) is 6.92 Å². The molecule has 108 valence electrons. The number of hydrogen-bond acceptors (Lipinski definition) is 3. The van der Waals surface area contributed by atoms with E-state index in [9.17, 15) is 9.59 Å². The number of ether oxygens (including phenoxy) is 1. The molecule has 0 atom stereocenters. The molecule has 0 saturated carbocycles. The minimum atomic E-state index is -0.366. The normalized spacial score (nSPS) is 10.2. The summed E-state index contributed by atoms with van der Waals surface area (Å²) in [5.41, 5.74) is 3.22. The summed E-state index contributed by atoms with van der Waals surface area (Å²) in [6.07, 6.45) is 0.360. The highest BCUT2D eigenvalue weighted by atomic mass is 16.5. The molecule has 0 N–H and O–H groups in total. The zero-order valence-corrected chi connectivity index (χ0v) is 12.3. The standard InChI is InChI=1S/C18H18O3/c1-3-21-18(20)16-10-8-15(9-11-16)17(19)12-14-6-4-13(2)5-7-14/h4-11H,3,12H2,1-2H3. The summed E-state index contributed by atoms with van der Waals surface area (Å²) in [5, 5.41) is 0. The van der Waals surface area contributed by atoms with Crippen LogP contribution in [0.15, 0.2) is 48.5 Å². The van der Waals surface area contributed by atoms with Crippen molar-refractivity contribution in [2.24, 2.45) is 0 Å². The Morgan fingerprint density at radius 2 is 1.48 bits per heavy atom. The number of rotatable bonds is 5. The van der Waals surface area contributed by atoms with Gasteiger partial charge in [0.05, 0.1) is 12.2 Å². The molecule has 0 aliphatic rings. The molecule has 0 heterocycles. The van der Waals surface area contributed by atoms with E-state index < -0.39 is 0 Å². The smallest absolute Gasteiger partial charge is 0.338 e. The number of benzene rings is 2. The number of esters is 1. The molecule has 0 amide bonds. The predicted octanol–water partition coefficient (Wildman–Crippen LogP) is 3.60. The van der Waals surface area contributed by atoms with Gasteiger partial charge in [0.25, 0.3) is 0 Å². The molecule has 2 aromatic rings.